The second kappa shape index (κ2) is 8.28. The monoisotopic (exact) mass is 352 g/mol. The lowest BCUT2D eigenvalue weighted by Gasteiger charge is -2.12. The van der Waals surface area contributed by atoms with Crippen molar-refractivity contribution in [2.24, 2.45) is 0 Å². The zero-order valence-corrected chi connectivity index (χ0v) is 15.0. The summed E-state index contributed by atoms with van der Waals surface area (Å²) in [5, 5.41) is 0. The molecule has 0 radical (unpaired) electrons. The summed E-state index contributed by atoms with van der Waals surface area (Å²) in [4.78, 5) is 8.91. The molecule has 0 N–H and O–H groups in total. The Labute approximate surface area is 159 Å². The Bertz CT molecular complexity index is 918. The highest BCUT2D eigenvalue weighted by molar-refractivity contribution is 5.38. The summed E-state index contributed by atoms with van der Waals surface area (Å²) in [5.74, 6) is 1.21. The Kier molecular flexibility index (Phi) is 5.21. The maximum atomic E-state index is 6.16. The second-order valence-electron chi connectivity index (χ2n) is 6.36. The minimum Gasteiger partial charge on any atom is -0.420 e. The molecular formula is C24H20N2O. The van der Waals surface area contributed by atoms with Crippen LogP contribution in [0.4, 0.5) is 0 Å². The molecule has 0 atom stereocenters. The number of pyridine rings is 2. The zero-order chi connectivity index (χ0) is 18.3. The van der Waals surface area contributed by atoms with E-state index in [2.05, 4.69) is 46.4 Å². The third-order valence-electron chi connectivity index (χ3n) is 4.37. The first-order chi connectivity index (χ1) is 13.4. The molecule has 2 aromatic heterocycles. The van der Waals surface area contributed by atoms with Gasteiger partial charge in [-0.2, -0.15) is 0 Å². The summed E-state index contributed by atoms with van der Waals surface area (Å²) >= 11 is 0. The molecule has 0 unspecified atom stereocenters. The highest BCUT2D eigenvalue weighted by atomic mass is 16.5. The molecule has 2 heterocycles. The van der Waals surface area contributed by atoms with Crippen LogP contribution >= 0.6 is 0 Å². The Morgan fingerprint density at radius 2 is 0.963 bits per heavy atom. The van der Waals surface area contributed by atoms with Crippen LogP contribution in [0.3, 0.4) is 0 Å². The molecule has 0 fully saturated rings. The van der Waals surface area contributed by atoms with E-state index in [0.717, 1.165) is 24.0 Å². The van der Waals surface area contributed by atoms with Gasteiger partial charge in [0.2, 0.25) is 11.8 Å². The van der Waals surface area contributed by atoms with Crippen molar-refractivity contribution >= 4 is 0 Å². The fourth-order valence-corrected chi connectivity index (χ4v) is 3.02. The fraction of sp³-hybridized carbons (Fsp3) is 0.0833. The lowest BCUT2D eigenvalue weighted by Crippen LogP contribution is -2.00. The van der Waals surface area contributed by atoms with Crippen LogP contribution in [-0.4, -0.2) is 9.97 Å². The first-order valence-electron chi connectivity index (χ1n) is 9.02. The number of rotatable bonds is 6. The van der Waals surface area contributed by atoms with Gasteiger partial charge in [0.05, 0.1) is 0 Å². The van der Waals surface area contributed by atoms with Crippen LogP contribution in [0.2, 0.25) is 0 Å². The third-order valence-corrected chi connectivity index (χ3v) is 4.37. The van der Waals surface area contributed by atoms with Crippen molar-refractivity contribution in [1.82, 2.24) is 9.97 Å². The van der Waals surface area contributed by atoms with E-state index in [1.807, 2.05) is 48.5 Å². The molecule has 2 aromatic carbocycles. The van der Waals surface area contributed by atoms with Gasteiger partial charge in [0.25, 0.3) is 0 Å². The van der Waals surface area contributed by atoms with Gasteiger partial charge in [-0.3, -0.25) is 0 Å². The average Bonchev–Trinajstić information content (AvgIpc) is 2.72. The lowest BCUT2D eigenvalue weighted by molar-refractivity contribution is 0.434. The summed E-state index contributed by atoms with van der Waals surface area (Å²) in [7, 11) is 0. The van der Waals surface area contributed by atoms with Crippen LogP contribution in [0.15, 0.2) is 97.3 Å². The minimum atomic E-state index is 0.606. The van der Waals surface area contributed by atoms with Crippen LogP contribution in [-0.2, 0) is 12.8 Å². The number of nitrogens with zero attached hydrogens (tertiary/aromatic N) is 2. The van der Waals surface area contributed by atoms with Crippen LogP contribution in [0.25, 0.3) is 0 Å². The smallest absolute Gasteiger partial charge is 0.224 e. The Morgan fingerprint density at radius 1 is 0.519 bits per heavy atom. The van der Waals surface area contributed by atoms with Gasteiger partial charge in [-0.1, -0.05) is 72.8 Å². The van der Waals surface area contributed by atoms with E-state index in [1.165, 1.54) is 11.1 Å². The highest BCUT2D eigenvalue weighted by Gasteiger charge is 2.11. The van der Waals surface area contributed by atoms with Gasteiger partial charge in [-0.25, -0.2) is 9.97 Å². The van der Waals surface area contributed by atoms with E-state index in [0.29, 0.717) is 11.8 Å². The highest BCUT2D eigenvalue weighted by Crippen LogP contribution is 2.27. The van der Waals surface area contributed by atoms with E-state index in [9.17, 15) is 0 Å². The molecule has 4 rings (SSSR count). The number of aromatic nitrogens is 2. The number of hydrogen-bond acceptors (Lipinski definition) is 3. The van der Waals surface area contributed by atoms with E-state index < -0.39 is 0 Å². The molecule has 0 saturated carbocycles. The van der Waals surface area contributed by atoms with Gasteiger partial charge in [0.1, 0.15) is 0 Å². The van der Waals surface area contributed by atoms with Crippen molar-refractivity contribution < 1.29 is 4.74 Å². The molecule has 132 valence electrons. The van der Waals surface area contributed by atoms with Crippen molar-refractivity contribution in [3.63, 3.8) is 0 Å². The first kappa shape index (κ1) is 17.0. The quantitative estimate of drug-likeness (QED) is 0.463. The van der Waals surface area contributed by atoms with Crippen molar-refractivity contribution in [1.29, 1.82) is 0 Å². The van der Waals surface area contributed by atoms with Crippen molar-refractivity contribution in [2.45, 2.75) is 12.8 Å². The topological polar surface area (TPSA) is 35.0 Å². The molecule has 0 spiro atoms. The summed E-state index contributed by atoms with van der Waals surface area (Å²) in [6.07, 6.45) is 5.04. The largest absolute Gasteiger partial charge is 0.420 e. The van der Waals surface area contributed by atoms with Crippen LogP contribution in [0, 0.1) is 0 Å². The minimum absolute atomic E-state index is 0.606. The van der Waals surface area contributed by atoms with Crippen LogP contribution < -0.4 is 4.74 Å². The fourth-order valence-electron chi connectivity index (χ4n) is 3.02. The maximum absolute atomic E-state index is 6.16. The molecule has 0 bridgehead atoms. The van der Waals surface area contributed by atoms with E-state index in [1.54, 1.807) is 12.4 Å². The lowest BCUT2D eigenvalue weighted by atomic mass is 10.1. The molecular weight excluding hydrogens is 332 g/mol. The van der Waals surface area contributed by atoms with Gasteiger partial charge in [-0.05, 0) is 23.3 Å². The second-order valence-corrected chi connectivity index (χ2v) is 6.36. The van der Waals surface area contributed by atoms with Crippen LogP contribution in [0.5, 0.6) is 11.8 Å². The van der Waals surface area contributed by atoms with Gasteiger partial charge < -0.3 is 4.74 Å². The maximum Gasteiger partial charge on any atom is 0.224 e. The van der Waals surface area contributed by atoms with Gasteiger partial charge >= 0.3 is 0 Å². The first-order valence-corrected chi connectivity index (χ1v) is 9.02. The normalized spacial score (nSPS) is 10.5. The summed E-state index contributed by atoms with van der Waals surface area (Å²) in [6, 6.07) is 28.6. The van der Waals surface area contributed by atoms with E-state index in [4.69, 9.17) is 4.74 Å². The standard InChI is InChI=1S/C24H20N2O/c1-3-9-19(10-4-1)17-21-13-7-15-25-23(21)27-24-22(14-8-16-26-24)18-20-11-5-2-6-12-20/h1-16H,17-18H2. The third kappa shape index (κ3) is 4.39. The van der Waals surface area contributed by atoms with Gasteiger partial charge in [0, 0.05) is 36.4 Å². The summed E-state index contributed by atoms with van der Waals surface area (Å²) in [6.45, 7) is 0. The van der Waals surface area contributed by atoms with Crippen molar-refractivity contribution in [3.05, 3.63) is 120 Å². The van der Waals surface area contributed by atoms with Crippen LogP contribution in [0.1, 0.15) is 22.3 Å². The number of benzene rings is 2. The predicted molar refractivity (Wildman–Crippen MR) is 107 cm³/mol. The van der Waals surface area contributed by atoms with Crippen molar-refractivity contribution in [2.75, 3.05) is 0 Å². The van der Waals surface area contributed by atoms with Crippen molar-refractivity contribution in [3.8, 4) is 11.8 Å². The Hall–Kier alpha value is -3.46. The molecule has 0 saturated heterocycles. The van der Waals surface area contributed by atoms with E-state index in [-0.39, 0.29) is 0 Å². The zero-order valence-electron chi connectivity index (χ0n) is 15.0. The molecule has 3 nitrogen and oxygen atoms in total. The Morgan fingerprint density at radius 3 is 1.41 bits per heavy atom. The average molecular weight is 352 g/mol. The Balaban J connectivity index is 1.60. The van der Waals surface area contributed by atoms with Gasteiger partial charge in [-0.15, -0.1) is 0 Å². The number of hydrogen-bond donors (Lipinski definition) is 0. The molecule has 0 aliphatic rings. The summed E-state index contributed by atoms with van der Waals surface area (Å²) in [5.41, 5.74) is 4.53. The molecule has 0 amide bonds. The van der Waals surface area contributed by atoms with Gasteiger partial charge in [0.15, 0.2) is 0 Å². The molecule has 3 heteroatoms. The molecule has 0 aliphatic carbocycles. The van der Waals surface area contributed by atoms with E-state index >= 15 is 0 Å². The number of ether oxygens (including phenoxy) is 1. The predicted octanol–water partition coefficient (Wildman–Crippen LogP) is 5.45. The summed E-state index contributed by atoms with van der Waals surface area (Å²) < 4.78 is 6.16. The molecule has 0 aliphatic heterocycles. The molecule has 4 aromatic rings. The molecule has 27 heavy (non-hydrogen) atoms. The SMILES string of the molecule is c1ccc(Cc2cccnc2Oc2ncccc2Cc2ccccc2)cc1.